The van der Waals surface area contributed by atoms with E-state index in [0.29, 0.717) is 16.6 Å². The Kier molecular flexibility index (Phi) is 3.60. The first-order valence-corrected chi connectivity index (χ1v) is 8.83. The Bertz CT molecular complexity index is 829. The minimum Gasteiger partial charge on any atom is -0.382 e. The molecule has 22 heavy (non-hydrogen) atoms. The standard InChI is InChI=1S/C17H20N2O2S/c1-11-5-4-6-16(13(11)3)19-22(20,21)15-7-8-17-14(10-15)9-12(2)18-17/h4-8,10,12,18-19H,9H2,1-3H3/t12-/m0/s1. The van der Waals surface area contributed by atoms with E-state index in [1.165, 1.54) is 0 Å². The van der Waals surface area contributed by atoms with Gasteiger partial charge in [-0.15, -0.1) is 0 Å². The number of fused-ring (bicyclic) bond motifs is 1. The molecule has 2 aromatic carbocycles. The predicted molar refractivity (Wildman–Crippen MR) is 90.0 cm³/mol. The Balaban J connectivity index is 1.94. The Morgan fingerprint density at radius 2 is 1.95 bits per heavy atom. The maximum Gasteiger partial charge on any atom is 0.261 e. The number of nitrogens with one attached hydrogen (secondary N) is 2. The van der Waals surface area contributed by atoms with Gasteiger partial charge in [-0.3, -0.25) is 4.72 Å². The van der Waals surface area contributed by atoms with E-state index in [2.05, 4.69) is 17.0 Å². The number of anilines is 2. The van der Waals surface area contributed by atoms with Gasteiger partial charge < -0.3 is 5.32 Å². The van der Waals surface area contributed by atoms with Crippen LogP contribution >= 0.6 is 0 Å². The fourth-order valence-corrected chi connectivity index (χ4v) is 3.93. The molecule has 0 unspecified atom stereocenters. The molecule has 3 rings (SSSR count). The summed E-state index contributed by atoms with van der Waals surface area (Å²) in [5, 5.41) is 3.33. The smallest absolute Gasteiger partial charge is 0.261 e. The van der Waals surface area contributed by atoms with Gasteiger partial charge in [0.25, 0.3) is 10.0 Å². The molecule has 1 aliphatic heterocycles. The summed E-state index contributed by atoms with van der Waals surface area (Å²) in [5.41, 5.74) is 4.72. The zero-order chi connectivity index (χ0) is 15.9. The molecule has 0 bridgehead atoms. The number of hydrogen-bond donors (Lipinski definition) is 2. The van der Waals surface area contributed by atoms with Crippen LogP contribution in [0.3, 0.4) is 0 Å². The minimum absolute atomic E-state index is 0.308. The molecule has 0 aliphatic carbocycles. The van der Waals surface area contributed by atoms with Gasteiger partial charge in [-0.2, -0.15) is 0 Å². The molecule has 5 heteroatoms. The lowest BCUT2D eigenvalue weighted by molar-refractivity contribution is 0.601. The topological polar surface area (TPSA) is 58.2 Å². The average molecular weight is 316 g/mol. The summed E-state index contributed by atoms with van der Waals surface area (Å²) < 4.78 is 27.9. The molecule has 2 aromatic rings. The van der Waals surface area contributed by atoms with Crippen molar-refractivity contribution in [3.63, 3.8) is 0 Å². The highest BCUT2D eigenvalue weighted by molar-refractivity contribution is 7.92. The van der Waals surface area contributed by atoms with Crippen molar-refractivity contribution < 1.29 is 8.42 Å². The molecule has 116 valence electrons. The third kappa shape index (κ3) is 2.68. The summed E-state index contributed by atoms with van der Waals surface area (Å²) in [7, 11) is -3.57. The summed E-state index contributed by atoms with van der Waals surface area (Å²) >= 11 is 0. The molecule has 0 aromatic heterocycles. The SMILES string of the molecule is Cc1cccc(NS(=O)(=O)c2ccc3c(c2)C[C@H](C)N3)c1C. The van der Waals surface area contributed by atoms with Crippen LogP contribution in [0.5, 0.6) is 0 Å². The molecule has 1 heterocycles. The monoisotopic (exact) mass is 316 g/mol. The molecular formula is C17H20N2O2S. The lowest BCUT2D eigenvalue weighted by atomic mass is 10.1. The second kappa shape index (κ2) is 5.32. The van der Waals surface area contributed by atoms with E-state index >= 15 is 0 Å². The Morgan fingerprint density at radius 3 is 2.73 bits per heavy atom. The maximum atomic E-state index is 12.6. The number of sulfonamides is 1. The molecule has 4 nitrogen and oxygen atoms in total. The highest BCUT2D eigenvalue weighted by Crippen LogP contribution is 2.29. The normalized spacial score (nSPS) is 17.0. The van der Waals surface area contributed by atoms with Gasteiger partial charge in [-0.25, -0.2) is 8.42 Å². The van der Waals surface area contributed by atoms with Crippen LogP contribution in [0.1, 0.15) is 23.6 Å². The molecule has 0 fully saturated rings. The number of hydrogen-bond acceptors (Lipinski definition) is 3. The molecular weight excluding hydrogens is 296 g/mol. The summed E-state index contributed by atoms with van der Waals surface area (Å²) in [6, 6.07) is 11.2. The van der Waals surface area contributed by atoms with Gasteiger partial charge in [0.2, 0.25) is 0 Å². The van der Waals surface area contributed by atoms with Crippen LogP contribution in [0.4, 0.5) is 11.4 Å². The van der Waals surface area contributed by atoms with Gasteiger partial charge in [-0.1, -0.05) is 12.1 Å². The maximum absolute atomic E-state index is 12.6. The fourth-order valence-electron chi connectivity index (χ4n) is 2.76. The van der Waals surface area contributed by atoms with E-state index in [1.807, 2.05) is 32.0 Å². The first kappa shape index (κ1) is 14.9. The highest BCUT2D eigenvalue weighted by atomic mass is 32.2. The largest absolute Gasteiger partial charge is 0.382 e. The third-order valence-electron chi connectivity index (χ3n) is 4.16. The van der Waals surface area contributed by atoms with Gasteiger partial charge in [0, 0.05) is 11.7 Å². The van der Waals surface area contributed by atoms with Crippen molar-refractivity contribution in [2.24, 2.45) is 0 Å². The summed E-state index contributed by atoms with van der Waals surface area (Å²) in [5.74, 6) is 0. The number of aryl methyl sites for hydroxylation is 1. The van der Waals surface area contributed by atoms with Crippen LogP contribution in [0, 0.1) is 13.8 Å². The molecule has 2 N–H and O–H groups in total. The summed E-state index contributed by atoms with van der Waals surface area (Å²) in [6.45, 7) is 5.97. The second-order valence-corrected chi connectivity index (χ2v) is 7.60. The van der Waals surface area contributed by atoms with Gasteiger partial charge in [0.05, 0.1) is 10.6 Å². The van der Waals surface area contributed by atoms with Gasteiger partial charge in [0.15, 0.2) is 0 Å². The van der Waals surface area contributed by atoms with Crippen LogP contribution in [-0.2, 0) is 16.4 Å². The van der Waals surface area contributed by atoms with Crippen molar-refractivity contribution in [1.82, 2.24) is 0 Å². The van der Waals surface area contributed by atoms with Crippen LogP contribution in [0.15, 0.2) is 41.3 Å². The molecule has 0 spiro atoms. The molecule has 0 amide bonds. The predicted octanol–water partition coefficient (Wildman–Crippen LogP) is 3.46. The van der Waals surface area contributed by atoms with Crippen LogP contribution in [-0.4, -0.2) is 14.5 Å². The third-order valence-corrected chi connectivity index (χ3v) is 5.53. The Morgan fingerprint density at radius 1 is 1.18 bits per heavy atom. The Hall–Kier alpha value is -2.01. The van der Waals surface area contributed by atoms with Crippen molar-refractivity contribution in [3.05, 3.63) is 53.1 Å². The van der Waals surface area contributed by atoms with E-state index in [0.717, 1.165) is 28.8 Å². The zero-order valence-electron chi connectivity index (χ0n) is 13.0. The van der Waals surface area contributed by atoms with E-state index in [4.69, 9.17) is 0 Å². The van der Waals surface area contributed by atoms with E-state index in [1.54, 1.807) is 18.2 Å². The quantitative estimate of drug-likeness (QED) is 0.911. The van der Waals surface area contributed by atoms with Crippen molar-refractivity contribution >= 4 is 21.4 Å². The van der Waals surface area contributed by atoms with Crippen molar-refractivity contribution in [2.45, 2.75) is 38.1 Å². The Labute approximate surface area is 131 Å². The lowest BCUT2D eigenvalue weighted by Gasteiger charge is -2.13. The van der Waals surface area contributed by atoms with Crippen LogP contribution in [0.2, 0.25) is 0 Å². The van der Waals surface area contributed by atoms with Crippen LogP contribution in [0.25, 0.3) is 0 Å². The van der Waals surface area contributed by atoms with Gasteiger partial charge >= 0.3 is 0 Å². The molecule has 1 atom stereocenters. The summed E-state index contributed by atoms with van der Waals surface area (Å²) in [4.78, 5) is 0.308. The molecule has 1 aliphatic rings. The second-order valence-electron chi connectivity index (χ2n) is 5.92. The van der Waals surface area contributed by atoms with Crippen molar-refractivity contribution in [2.75, 3.05) is 10.0 Å². The van der Waals surface area contributed by atoms with Crippen LogP contribution < -0.4 is 10.0 Å². The lowest BCUT2D eigenvalue weighted by Crippen LogP contribution is -2.14. The van der Waals surface area contributed by atoms with Crippen molar-refractivity contribution in [3.8, 4) is 0 Å². The minimum atomic E-state index is -3.57. The first-order valence-electron chi connectivity index (χ1n) is 7.35. The van der Waals surface area contributed by atoms with E-state index in [-0.39, 0.29) is 0 Å². The fraction of sp³-hybridized carbons (Fsp3) is 0.294. The van der Waals surface area contributed by atoms with E-state index in [9.17, 15) is 8.42 Å². The number of benzene rings is 2. The first-order chi connectivity index (χ1) is 10.4. The van der Waals surface area contributed by atoms with Gasteiger partial charge in [0.1, 0.15) is 0 Å². The number of rotatable bonds is 3. The van der Waals surface area contributed by atoms with Crippen molar-refractivity contribution in [1.29, 1.82) is 0 Å². The van der Waals surface area contributed by atoms with Gasteiger partial charge in [-0.05, 0) is 68.1 Å². The molecule has 0 radical (unpaired) electrons. The summed E-state index contributed by atoms with van der Waals surface area (Å²) in [6.07, 6.45) is 0.849. The molecule has 0 saturated carbocycles. The average Bonchev–Trinajstić information content (AvgIpc) is 2.82. The zero-order valence-corrected chi connectivity index (χ0v) is 13.8. The van der Waals surface area contributed by atoms with E-state index < -0.39 is 10.0 Å². The highest BCUT2D eigenvalue weighted by Gasteiger charge is 2.21. The molecule has 0 saturated heterocycles.